The zero-order chi connectivity index (χ0) is 56.5. The van der Waals surface area contributed by atoms with Crippen molar-refractivity contribution in [2.75, 3.05) is 26.1 Å². The zero-order valence-electron chi connectivity index (χ0n) is 50.1. The second-order valence-electron chi connectivity index (χ2n) is 9.51. The third kappa shape index (κ3) is 8.54. The highest BCUT2D eigenvalue weighted by molar-refractivity contribution is 7.98. The zero-order valence-corrected chi connectivity index (χ0v) is 26.0. The highest BCUT2D eigenvalue weighted by Crippen LogP contribution is 2.34. The van der Waals surface area contributed by atoms with Crippen molar-refractivity contribution in [1.82, 2.24) is 19.4 Å². The molecule has 0 fully saturated rings. The maximum absolute atomic E-state index is 15.2. The Labute approximate surface area is 317 Å². The van der Waals surface area contributed by atoms with Crippen molar-refractivity contribution in [1.29, 1.82) is 0 Å². The number of hydrogen-bond donors (Lipinski definition) is 0. The summed E-state index contributed by atoms with van der Waals surface area (Å²) in [6.07, 6.45) is -16.6. The number of rotatable bonds is 13. The van der Waals surface area contributed by atoms with Gasteiger partial charge in [-0.3, -0.25) is 9.59 Å². The fourth-order valence-electron chi connectivity index (χ4n) is 3.97. The minimum absolute atomic E-state index is 0.0609. The third-order valence-electron chi connectivity index (χ3n) is 6.36. The van der Waals surface area contributed by atoms with E-state index in [4.69, 9.17) is 28.8 Å². The van der Waals surface area contributed by atoms with Gasteiger partial charge in [-0.1, -0.05) is 73.9 Å². The summed E-state index contributed by atoms with van der Waals surface area (Å²) in [5.41, 5.74) is -16.1. The van der Waals surface area contributed by atoms with Gasteiger partial charge in [-0.2, -0.15) is 18.2 Å². The maximum atomic E-state index is 15.2. The lowest BCUT2D eigenvalue weighted by atomic mass is 9.98. The normalized spacial score (nSPS) is 24.7. The van der Waals surface area contributed by atoms with Gasteiger partial charge in [0, 0.05) is 50.2 Å². The Balaban J connectivity index is 1.91. The molecular weight excluding hydrogens is 640 g/mol. The van der Waals surface area contributed by atoms with Crippen LogP contribution in [0.15, 0.2) is 76.4 Å². The first-order valence-corrected chi connectivity index (χ1v) is 14.6. The van der Waals surface area contributed by atoms with Crippen molar-refractivity contribution in [3.8, 4) is 11.1 Å². The van der Waals surface area contributed by atoms with Crippen LogP contribution < -0.4 is 5.56 Å². The number of nitrogens with zero attached hydrogens (tertiary/aromatic N) is 4. The van der Waals surface area contributed by atoms with E-state index in [0.29, 0.717) is 11.8 Å². The molecular formula is C37H40F4N4O2S. The molecule has 3 aromatic carbocycles. The Bertz CT molecular complexity index is 2950. The number of amides is 1. The standard InChI is InChI=1S/C37H40F4N4O2S/c1-4-43(5-2)19-20-44(22-26-9-13-28(14-10-26)29-15-18-32(25(3)21-29)37(39,40)41)34(46)23-45-33-8-6-7-31(33)35(47)42-36(45)48-24-27-11-16-30(38)17-12-27/h9-18,21H,4-8,19-20,22-24H2,1-3H3/i6D2,7D2,8D2,9D,10D,11D,12D,13D,14D,15D,16D,17D,18D,19D2,20D2,21D,22D2,24D2. The number of benzene rings is 3. The van der Waals surface area contributed by atoms with E-state index in [1.807, 2.05) is 0 Å². The Morgan fingerprint density at radius 2 is 1.67 bits per heavy atom. The van der Waals surface area contributed by atoms with Crippen molar-refractivity contribution in [2.45, 2.75) is 70.0 Å². The van der Waals surface area contributed by atoms with Gasteiger partial charge in [0.05, 0.1) is 26.1 Å². The van der Waals surface area contributed by atoms with Gasteiger partial charge in [-0.25, -0.2) is 4.39 Å². The number of thioether (sulfide) groups is 1. The average Bonchev–Trinajstić information content (AvgIpc) is 3.35. The molecule has 254 valence electrons. The molecule has 1 amide bonds. The molecule has 4 aromatic rings. The van der Waals surface area contributed by atoms with Crippen LogP contribution >= 0.6 is 11.8 Å². The lowest BCUT2D eigenvalue weighted by Gasteiger charge is -2.28. The van der Waals surface area contributed by atoms with Gasteiger partial charge in [0.1, 0.15) is 12.4 Å². The van der Waals surface area contributed by atoms with E-state index in [0.717, 1.165) is 0 Å². The van der Waals surface area contributed by atoms with Gasteiger partial charge in [0.25, 0.3) is 5.56 Å². The van der Waals surface area contributed by atoms with Crippen LogP contribution in [0.2, 0.25) is 0 Å². The summed E-state index contributed by atoms with van der Waals surface area (Å²) in [4.78, 5) is 32.6. The number of aromatic nitrogens is 2. The minimum Gasteiger partial charge on any atom is -0.336 e. The second kappa shape index (κ2) is 15.5. The van der Waals surface area contributed by atoms with E-state index in [1.165, 1.54) is 13.8 Å². The van der Waals surface area contributed by atoms with Crippen LogP contribution in [0.25, 0.3) is 11.1 Å². The molecule has 0 saturated heterocycles. The molecule has 1 aliphatic rings. The van der Waals surface area contributed by atoms with E-state index in [1.54, 1.807) is 0 Å². The minimum atomic E-state index is -5.31. The Hall–Kier alpha value is -3.96. The summed E-state index contributed by atoms with van der Waals surface area (Å²) in [6, 6.07) is -15.8. The molecule has 6 nitrogen and oxygen atoms in total. The predicted molar refractivity (Wildman–Crippen MR) is 181 cm³/mol. The maximum Gasteiger partial charge on any atom is 0.416 e. The van der Waals surface area contributed by atoms with Crippen LogP contribution in [0.4, 0.5) is 17.6 Å². The van der Waals surface area contributed by atoms with Crippen molar-refractivity contribution in [2.24, 2.45) is 0 Å². The molecule has 0 aliphatic heterocycles. The molecule has 0 N–H and O–H groups in total. The molecule has 1 aromatic heterocycles. The van der Waals surface area contributed by atoms with Crippen LogP contribution in [0.3, 0.4) is 0 Å². The van der Waals surface area contributed by atoms with Gasteiger partial charge in [-0.05, 0) is 85.1 Å². The van der Waals surface area contributed by atoms with Crippen LogP contribution in [0.5, 0.6) is 0 Å². The Kier molecular flexibility index (Phi) is 4.94. The fourth-order valence-corrected chi connectivity index (χ4v) is 4.66. The molecule has 0 radical (unpaired) electrons. The predicted octanol–water partition coefficient (Wildman–Crippen LogP) is 7.53. The second-order valence-corrected chi connectivity index (χ2v) is 10.3. The smallest absolute Gasteiger partial charge is 0.336 e. The van der Waals surface area contributed by atoms with Gasteiger partial charge < -0.3 is 14.4 Å². The van der Waals surface area contributed by atoms with Gasteiger partial charge in [0.15, 0.2) is 5.16 Å². The molecule has 0 bridgehead atoms. The third-order valence-corrected chi connectivity index (χ3v) is 7.16. The van der Waals surface area contributed by atoms with Crippen LogP contribution in [-0.2, 0) is 42.5 Å². The van der Waals surface area contributed by atoms with E-state index in [-0.39, 0.29) is 4.57 Å². The molecule has 1 heterocycles. The number of hydrogen-bond acceptors (Lipinski definition) is 5. The summed E-state index contributed by atoms with van der Waals surface area (Å²) >= 11 is -0.456. The van der Waals surface area contributed by atoms with Crippen molar-refractivity contribution >= 4 is 17.7 Å². The van der Waals surface area contributed by atoms with Crippen LogP contribution in [-0.4, -0.2) is 51.3 Å². The molecule has 5 rings (SSSR count). The molecule has 0 atom stereocenters. The van der Waals surface area contributed by atoms with Crippen molar-refractivity contribution < 1.29 is 56.6 Å². The van der Waals surface area contributed by atoms with Crippen molar-refractivity contribution in [3.05, 3.63) is 116 Å². The monoisotopic (exact) mass is 705 g/mol. The lowest BCUT2D eigenvalue weighted by Crippen LogP contribution is -2.40. The molecule has 0 saturated carbocycles. The number of carbonyl (C=O) groups excluding carboxylic acids is 1. The molecule has 11 heteroatoms. The largest absolute Gasteiger partial charge is 0.416 e. The first-order chi connectivity index (χ1) is 32.8. The summed E-state index contributed by atoms with van der Waals surface area (Å²) in [5, 5.41) is -1.33. The van der Waals surface area contributed by atoms with E-state index in [9.17, 15) is 27.8 Å². The van der Waals surface area contributed by atoms with E-state index in [2.05, 4.69) is 4.98 Å². The lowest BCUT2D eigenvalue weighted by molar-refractivity contribution is -0.138. The molecule has 0 spiro atoms. The van der Waals surface area contributed by atoms with Crippen LogP contribution in [0.1, 0.15) is 88.0 Å². The molecule has 1 aliphatic carbocycles. The topological polar surface area (TPSA) is 58.4 Å². The Morgan fingerprint density at radius 1 is 1.00 bits per heavy atom. The first-order valence-electron chi connectivity index (χ1n) is 26.3. The summed E-state index contributed by atoms with van der Waals surface area (Å²) in [6.45, 7) is -11.5. The van der Waals surface area contributed by atoms with Gasteiger partial charge >= 0.3 is 6.18 Å². The van der Waals surface area contributed by atoms with Gasteiger partial charge in [0.2, 0.25) is 5.91 Å². The van der Waals surface area contributed by atoms with E-state index >= 15 is 4.79 Å². The SMILES string of the molecule is [2H]c1c([2H])c(C([2H])([2H])Sc2nc(=O)c3c(n2CC(=O)N(C([2H])([2H])c2c([2H])c([2H])c(-c4c([2H])c([2H])c(C(F)(F)F)c(C)c4[2H])c([2H])c2[2H])C([2H])([2H])C([2H])([2H])N(CC)CC)C([2H])([2H])C([2H])([2H])C3([2H])[2H])c([2H])c([2H])c1F. The number of alkyl halides is 3. The first kappa shape index (κ1) is 15.3. The summed E-state index contributed by atoms with van der Waals surface area (Å²) in [7, 11) is 0. The van der Waals surface area contributed by atoms with Crippen molar-refractivity contribution in [3.63, 3.8) is 0 Å². The summed E-state index contributed by atoms with van der Waals surface area (Å²) < 4.78 is 274. The Morgan fingerprint density at radius 3 is 2.33 bits per heavy atom. The number of likely N-dealkylation sites (N-methyl/N-ethyl adjacent to an activating group) is 1. The average molecular weight is 706 g/mol. The molecule has 0 unspecified atom stereocenters. The van der Waals surface area contributed by atoms with E-state index < -0.39 is 220 Å². The van der Waals surface area contributed by atoms with Gasteiger partial charge in [-0.15, -0.1) is 0 Å². The highest BCUT2D eigenvalue weighted by atomic mass is 32.2. The summed E-state index contributed by atoms with van der Waals surface area (Å²) in [5.74, 6) is -3.92. The quantitative estimate of drug-likeness (QED) is 0.0819. The molecule has 48 heavy (non-hydrogen) atoms. The number of fused-ring (bicyclic) bond motifs is 1. The number of carbonyl (C=O) groups is 1. The fraction of sp³-hybridized carbons (Fsp3) is 0.378. The number of halogens is 4. The van der Waals surface area contributed by atoms with Crippen LogP contribution in [0, 0.1) is 12.7 Å². The highest BCUT2D eigenvalue weighted by Gasteiger charge is 2.32.